The lowest BCUT2D eigenvalue weighted by molar-refractivity contribution is 0.287. The van der Waals surface area contributed by atoms with Crippen LogP contribution in [0.5, 0.6) is 5.75 Å². The van der Waals surface area contributed by atoms with Crippen LogP contribution in [0.3, 0.4) is 0 Å². The van der Waals surface area contributed by atoms with Gasteiger partial charge in [-0.15, -0.1) is 0 Å². The first-order chi connectivity index (χ1) is 7.66. The number of benzene rings is 1. The van der Waals surface area contributed by atoms with Crippen molar-refractivity contribution < 1.29 is 9.13 Å². The first-order valence-electron chi connectivity index (χ1n) is 6.09. The third kappa shape index (κ3) is 2.97. The molecule has 1 aromatic carbocycles. The third-order valence-corrected chi connectivity index (χ3v) is 3.10. The lowest BCUT2D eigenvalue weighted by Crippen LogP contribution is -2.01. The SMILES string of the molecule is CC(C)c1ccc(F)c(OCCC2CC2)c1. The van der Waals surface area contributed by atoms with Gasteiger partial charge >= 0.3 is 0 Å². The van der Waals surface area contributed by atoms with Crippen molar-refractivity contribution in [3.05, 3.63) is 29.6 Å². The number of hydrogen-bond acceptors (Lipinski definition) is 1. The molecule has 0 aromatic heterocycles. The summed E-state index contributed by atoms with van der Waals surface area (Å²) in [4.78, 5) is 0. The molecule has 0 amide bonds. The summed E-state index contributed by atoms with van der Waals surface area (Å²) < 4.78 is 19.0. The van der Waals surface area contributed by atoms with Crippen LogP contribution in [0.25, 0.3) is 0 Å². The largest absolute Gasteiger partial charge is 0.490 e. The van der Waals surface area contributed by atoms with E-state index in [4.69, 9.17) is 4.74 Å². The molecule has 1 aliphatic carbocycles. The number of halogens is 1. The van der Waals surface area contributed by atoms with Gasteiger partial charge in [0.25, 0.3) is 0 Å². The van der Waals surface area contributed by atoms with E-state index >= 15 is 0 Å². The van der Waals surface area contributed by atoms with E-state index < -0.39 is 0 Å². The van der Waals surface area contributed by atoms with Crippen molar-refractivity contribution in [1.29, 1.82) is 0 Å². The van der Waals surface area contributed by atoms with Crippen molar-refractivity contribution in [3.63, 3.8) is 0 Å². The van der Waals surface area contributed by atoms with E-state index in [0.29, 0.717) is 18.3 Å². The smallest absolute Gasteiger partial charge is 0.165 e. The lowest BCUT2D eigenvalue weighted by Gasteiger charge is -2.10. The van der Waals surface area contributed by atoms with E-state index in [1.54, 1.807) is 0 Å². The summed E-state index contributed by atoms with van der Waals surface area (Å²) in [6.45, 7) is 4.84. The van der Waals surface area contributed by atoms with Crippen LogP contribution in [0, 0.1) is 11.7 Å². The van der Waals surface area contributed by atoms with Crippen LogP contribution >= 0.6 is 0 Å². The second kappa shape index (κ2) is 4.86. The average molecular weight is 222 g/mol. The van der Waals surface area contributed by atoms with Crippen molar-refractivity contribution in [2.24, 2.45) is 5.92 Å². The van der Waals surface area contributed by atoms with Crippen LogP contribution in [0.2, 0.25) is 0 Å². The molecule has 16 heavy (non-hydrogen) atoms. The lowest BCUT2D eigenvalue weighted by atomic mass is 10.0. The molecule has 2 heteroatoms. The molecule has 0 aliphatic heterocycles. The molecule has 1 aliphatic rings. The van der Waals surface area contributed by atoms with Gasteiger partial charge in [-0.1, -0.05) is 32.8 Å². The molecule has 0 spiro atoms. The first kappa shape index (κ1) is 11.4. The average Bonchev–Trinajstić information content (AvgIpc) is 3.04. The van der Waals surface area contributed by atoms with E-state index in [2.05, 4.69) is 13.8 Å². The monoisotopic (exact) mass is 222 g/mol. The van der Waals surface area contributed by atoms with Crippen LogP contribution in [-0.4, -0.2) is 6.61 Å². The Morgan fingerprint density at radius 1 is 1.38 bits per heavy atom. The molecule has 1 aromatic rings. The van der Waals surface area contributed by atoms with Crippen molar-refractivity contribution in [1.82, 2.24) is 0 Å². The quantitative estimate of drug-likeness (QED) is 0.728. The van der Waals surface area contributed by atoms with Crippen LogP contribution in [0.1, 0.15) is 44.6 Å². The van der Waals surface area contributed by atoms with Crippen LogP contribution in [-0.2, 0) is 0 Å². The van der Waals surface area contributed by atoms with Crippen molar-refractivity contribution in [3.8, 4) is 5.75 Å². The molecule has 1 saturated carbocycles. The summed E-state index contributed by atoms with van der Waals surface area (Å²) in [5, 5.41) is 0. The number of rotatable bonds is 5. The number of ether oxygens (including phenoxy) is 1. The van der Waals surface area contributed by atoms with Crippen molar-refractivity contribution in [2.45, 2.75) is 39.0 Å². The van der Waals surface area contributed by atoms with Gasteiger partial charge in [0.05, 0.1) is 6.61 Å². The number of hydrogen-bond donors (Lipinski definition) is 0. The van der Waals surface area contributed by atoms with Gasteiger partial charge in [0, 0.05) is 0 Å². The molecule has 0 unspecified atom stereocenters. The predicted molar refractivity (Wildman–Crippen MR) is 63.3 cm³/mol. The standard InChI is InChI=1S/C14H19FO/c1-10(2)12-5-6-13(15)14(9-12)16-8-7-11-3-4-11/h5-6,9-11H,3-4,7-8H2,1-2H3. The molecule has 2 rings (SSSR count). The fourth-order valence-corrected chi connectivity index (χ4v) is 1.73. The summed E-state index contributed by atoms with van der Waals surface area (Å²) in [6.07, 6.45) is 3.70. The van der Waals surface area contributed by atoms with Crippen molar-refractivity contribution >= 4 is 0 Å². The van der Waals surface area contributed by atoms with Crippen LogP contribution < -0.4 is 4.74 Å². The fourth-order valence-electron chi connectivity index (χ4n) is 1.73. The van der Waals surface area contributed by atoms with Gasteiger partial charge in [-0.25, -0.2) is 4.39 Å². The topological polar surface area (TPSA) is 9.23 Å². The Morgan fingerprint density at radius 2 is 2.12 bits per heavy atom. The summed E-state index contributed by atoms with van der Waals surface area (Å²) in [5.41, 5.74) is 1.13. The minimum absolute atomic E-state index is 0.250. The maximum atomic E-state index is 13.4. The zero-order chi connectivity index (χ0) is 11.5. The minimum atomic E-state index is -0.250. The van der Waals surface area contributed by atoms with Gasteiger partial charge in [-0.05, 0) is 36.0 Å². The fraction of sp³-hybridized carbons (Fsp3) is 0.571. The van der Waals surface area contributed by atoms with Gasteiger partial charge in [0.1, 0.15) is 0 Å². The second-order valence-electron chi connectivity index (χ2n) is 4.93. The molecule has 0 N–H and O–H groups in total. The first-order valence-corrected chi connectivity index (χ1v) is 6.09. The van der Waals surface area contributed by atoms with Gasteiger partial charge < -0.3 is 4.74 Å². The highest BCUT2D eigenvalue weighted by Gasteiger charge is 2.21. The molecule has 88 valence electrons. The molecule has 1 fully saturated rings. The predicted octanol–water partition coefficient (Wildman–Crippen LogP) is 4.13. The Hall–Kier alpha value is -1.05. The molecular weight excluding hydrogens is 203 g/mol. The Morgan fingerprint density at radius 3 is 2.75 bits per heavy atom. The Labute approximate surface area is 96.6 Å². The van der Waals surface area contributed by atoms with Gasteiger partial charge in [0.2, 0.25) is 0 Å². The summed E-state index contributed by atoms with van der Waals surface area (Å²) in [5.74, 6) is 1.40. The molecule has 1 nitrogen and oxygen atoms in total. The minimum Gasteiger partial charge on any atom is -0.490 e. The Bertz CT molecular complexity index is 356. The highest BCUT2D eigenvalue weighted by Crippen LogP contribution is 2.32. The van der Waals surface area contributed by atoms with Crippen molar-refractivity contribution in [2.75, 3.05) is 6.61 Å². The summed E-state index contributed by atoms with van der Waals surface area (Å²) in [7, 11) is 0. The Kier molecular flexibility index (Phi) is 3.47. The summed E-state index contributed by atoms with van der Waals surface area (Å²) in [6, 6.07) is 5.16. The van der Waals surface area contributed by atoms with Gasteiger partial charge in [-0.3, -0.25) is 0 Å². The summed E-state index contributed by atoms with van der Waals surface area (Å²) >= 11 is 0. The maximum absolute atomic E-state index is 13.4. The van der Waals surface area contributed by atoms with Gasteiger partial charge in [-0.2, -0.15) is 0 Å². The van der Waals surface area contributed by atoms with Crippen LogP contribution in [0.4, 0.5) is 4.39 Å². The highest BCUT2D eigenvalue weighted by atomic mass is 19.1. The molecule has 0 atom stereocenters. The van der Waals surface area contributed by atoms with E-state index in [-0.39, 0.29) is 5.82 Å². The van der Waals surface area contributed by atoms with E-state index in [1.807, 2.05) is 12.1 Å². The van der Waals surface area contributed by atoms with E-state index in [1.165, 1.54) is 18.9 Å². The van der Waals surface area contributed by atoms with E-state index in [9.17, 15) is 4.39 Å². The second-order valence-corrected chi connectivity index (χ2v) is 4.93. The molecule has 0 radical (unpaired) electrons. The molecule has 0 saturated heterocycles. The Balaban J connectivity index is 1.96. The molecule has 0 heterocycles. The normalized spacial score (nSPS) is 15.5. The highest BCUT2D eigenvalue weighted by molar-refractivity contribution is 5.31. The zero-order valence-electron chi connectivity index (χ0n) is 10.0. The maximum Gasteiger partial charge on any atom is 0.165 e. The van der Waals surface area contributed by atoms with Gasteiger partial charge in [0.15, 0.2) is 11.6 Å². The molecular formula is C14H19FO. The van der Waals surface area contributed by atoms with E-state index in [0.717, 1.165) is 17.9 Å². The molecule has 0 bridgehead atoms. The third-order valence-electron chi connectivity index (χ3n) is 3.10. The van der Waals surface area contributed by atoms with Crippen LogP contribution in [0.15, 0.2) is 18.2 Å². The zero-order valence-corrected chi connectivity index (χ0v) is 10.0.